The van der Waals surface area contributed by atoms with Crippen molar-refractivity contribution in [2.45, 2.75) is 31.3 Å². The number of likely N-dealkylation sites (N-methyl/N-ethyl adjacent to an activating group) is 1. The fraction of sp³-hybridized carbons (Fsp3) is 0.538. The van der Waals surface area contributed by atoms with Gasteiger partial charge in [-0.15, -0.1) is 0 Å². The van der Waals surface area contributed by atoms with Gasteiger partial charge in [0.15, 0.2) is 5.76 Å². The van der Waals surface area contributed by atoms with Gasteiger partial charge in [-0.25, -0.2) is 4.79 Å². The van der Waals surface area contributed by atoms with Gasteiger partial charge in [0, 0.05) is 19.7 Å². The molecule has 1 aromatic rings. The number of carboxylic acids is 1. The zero-order valence-electron chi connectivity index (χ0n) is 10.8. The zero-order valence-corrected chi connectivity index (χ0v) is 10.8. The molecule has 1 saturated carbocycles. The minimum Gasteiger partial charge on any atom is -0.478 e. The van der Waals surface area contributed by atoms with Crippen LogP contribution in [0.3, 0.4) is 0 Å². The second-order valence-corrected chi connectivity index (χ2v) is 5.10. The second kappa shape index (κ2) is 5.05. The lowest BCUT2D eigenvalue weighted by Gasteiger charge is -2.28. The van der Waals surface area contributed by atoms with Crippen LogP contribution in [0, 0.1) is 0 Å². The Morgan fingerprint density at radius 3 is 2.58 bits per heavy atom. The molecule has 104 valence electrons. The first-order valence-corrected chi connectivity index (χ1v) is 6.21. The van der Waals surface area contributed by atoms with Gasteiger partial charge in [-0.3, -0.25) is 4.79 Å². The topological polar surface area (TPSA) is 91.0 Å². The summed E-state index contributed by atoms with van der Waals surface area (Å²) in [6.45, 7) is 0.231. The van der Waals surface area contributed by atoms with Crippen LogP contribution in [0.25, 0.3) is 0 Å². The molecule has 0 spiro atoms. The van der Waals surface area contributed by atoms with Gasteiger partial charge in [0.05, 0.1) is 11.2 Å². The molecule has 0 bridgehead atoms. The smallest absolute Gasteiger partial charge is 0.338 e. The summed E-state index contributed by atoms with van der Waals surface area (Å²) < 4.78 is 4.95. The van der Waals surface area contributed by atoms with Crippen molar-refractivity contribution in [2.24, 2.45) is 0 Å². The van der Waals surface area contributed by atoms with Crippen molar-refractivity contribution in [2.75, 3.05) is 13.6 Å². The van der Waals surface area contributed by atoms with E-state index in [1.807, 2.05) is 0 Å². The van der Waals surface area contributed by atoms with E-state index in [0.29, 0.717) is 12.8 Å². The van der Waals surface area contributed by atoms with Crippen LogP contribution >= 0.6 is 0 Å². The Morgan fingerprint density at radius 2 is 2.05 bits per heavy atom. The number of furan rings is 1. The summed E-state index contributed by atoms with van der Waals surface area (Å²) in [5.74, 6) is -1.59. The summed E-state index contributed by atoms with van der Waals surface area (Å²) in [5, 5.41) is 19.0. The molecule has 1 aliphatic rings. The third kappa shape index (κ3) is 2.96. The van der Waals surface area contributed by atoms with E-state index in [9.17, 15) is 14.7 Å². The highest BCUT2D eigenvalue weighted by Crippen LogP contribution is 2.30. The maximum absolute atomic E-state index is 12.0. The Labute approximate surface area is 110 Å². The highest BCUT2D eigenvalue weighted by molar-refractivity contribution is 5.95. The molecule has 6 nitrogen and oxygen atoms in total. The molecule has 1 amide bonds. The normalized spacial score (nSPS) is 17.4. The summed E-state index contributed by atoms with van der Waals surface area (Å²) in [5.41, 5.74) is -0.886. The van der Waals surface area contributed by atoms with Crippen LogP contribution in [0.1, 0.15) is 46.6 Å². The lowest BCUT2D eigenvalue weighted by Crippen LogP contribution is -2.41. The molecule has 1 heterocycles. The molecule has 0 unspecified atom stereocenters. The van der Waals surface area contributed by atoms with Crippen molar-refractivity contribution in [1.82, 2.24) is 4.90 Å². The van der Waals surface area contributed by atoms with E-state index in [2.05, 4.69) is 0 Å². The van der Waals surface area contributed by atoms with Crippen LogP contribution in [0.4, 0.5) is 0 Å². The lowest BCUT2D eigenvalue weighted by atomic mass is 10.0. The third-order valence-corrected chi connectivity index (χ3v) is 3.47. The van der Waals surface area contributed by atoms with E-state index in [0.717, 1.165) is 19.1 Å². The average Bonchev–Trinajstić information content (AvgIpc) is 2.97. The van der Waals surface area contributed by atoms with Crippen molar-refractivity contribution < 1.29 is 24.2 Å². The maximum atomic E-state index is 12.0. The fourth-order valence-electron chi connectivity index (χ4n) is 2.45. The van der Waals surface area contributed by atoms with Crippen LogP contribution in [-0.2, 0) is 0 Å². The van der Waals surface area contributed by atoms with Gasteiger partial charge in [-0.05, 0) is 12.8 Å². The van der Waals surface area contributed by atoms with Gasteiger partial charge in [0.25, 0.3) is 5.91 Å². The van der Waals surface area contributed by atoms with Crippen molar-refractivity contribution in [3.8, 4) is 0 Å². The lowest BCUT2D eigenvalue weighted by molar-refractivity contribution is 0.0146. The van der Waals surface area contributed by atoms with Crippen LogP contribution in [0.15, 0.2) is 16.7 Å². The molecule has 1 fully saturated rings. The summed E-state index contributed by atoms with van der Waals surface area (Å²) in [7, 11) is 1.57. The first-order valence-electron chi connectivity index (χ1n) is 6.21. The number of carboxylic acid groups (broad SMARTS) is 1. The Kier molecular flexibility index (Phi) is 3.61. The van der Waals surface area contributed by atoms with Crippen molar-refractivity contribution in [3.63, 3.8) is 0 Å². The number of rotatable bonds is 4. The Bertz CT molecular complexity index is 487. The second-order valence-electron chi connectivity index (χ2n) is 5.10. The van der Waals surface area contributed by atoms with Gasteiger partial charge in [0.2, 0.25) is 0 Å². The van der Waals surface area contributed by atoms with E-state index in [1.165, 1.54) is 11.0 Å². The number of carbonyl (C=O) groups excluding carboxylic acids is 1. The van der Waals surface area contributed by atoms with Crippen molar-refractivity contribution >= 4 is 11.9 Å². The highest BCUT2D eigenvalue weighted by Gasteiger charge is 2.34. The molecule has 0 atom stereocenters. The van der Waals surface area contributed by atoms with Gasteiger partial charge in [0.1, 0.15) is 6.26 Å². The quantitative estimate of drug-likeness (QED) is 0.859. The Balaban J connectivity index is 2.03. The minimum atomic E-state index is -1.14. The molecule has 2 rings (SSSR count). The van der Waals surface area contributed by atoms with Gasteiger partial charge in [-0.1, -0.05) is 12.8 Å². The standard InChI is InChI=1S/C13H17NO5/c1-14(8-13(18)4-2-3-5-13)11(15)10-6-9(7-19-10)12(16)17/h6-7,18H,2-5,8H2,1H3,(H,16,17). The number of hydrogen-bond donors (Lipinski definition) is 2. The highest BCUT2D eigenvalue weighted by atomic mass is 16.4. The molecular formula is C13H17NO5. The van der Waals surface area contributed by atoms with Gasteiger partial charge < -0.3 is 19.5 Å². The number of carbonyl (C=O) groups is 2. The minimum absolute atomic E-state index is 0.0264. The molecule has 0 saturated heterocycles. The summed E-state index contributed by atoms with van der Waals surface area (Å²) in [6, 6.07) is 1.19. The van der Waals surface area contributed by atoms with E-state index < -0.39 is 17.5 Å². The fourth-order valence-corrected chi connectivity index (χ4v) is 2.45. The monoisotopic (exact) mass is 267 g/mol. The number of aliphatic hydroxyl groups is 1. The molecule has 0 radical (unpaired) electrons. The molecule has 1 aliphatic carbocycles. The van der Waals surface area contributed by atoms with E-state index >= 15 is 0 Å². The average molecular weight is 267 g/mol. The molecule has 1 aromatic heterocycles. The van der Waals surface area contributed by atoms with Crippen LogP contribution in [-0.4, -0.2) is 46.2 Å². The third-order valence-electron chi connectivity index (χ3n) is 3.47. The van der Waals surface area contributed by atoms with E-state index in [4.69, 9.17) is 9.52 Å². The Morgan fingerprint density at radius 1 is 1.42 bits per heavy atom. The number of aromatic carboxylic acids is 1. The first kappa shape index (κ1) is 13.6. The maximum Gasteiger partial charge on any atom is 0.338 e. The predicted octanol–water partition coefficient (Wildman–Crippen LogP) is 1.35. The molecule has 0 aromatic carbocycles. The van der Waals surface area contributed by atoms with Crippen molar-refractivity contribution in [1.29, 1.82) is 0 Å². The molecule has 19 heavy (non-hydrogen) atoms. The van der Waals surface area contributed by atoms with E-state index in [1.54, 1.807) is 7.05 Å². The first-order chi connectivity index (χ1) is 8.91. The predicted molar refractivity (Wildman–Crippen MR) is 66.0 cm³/mol. The van der Waals surface area contributed by atoms with Crippen LogP contribution < -0.4 is 0 Å². The number of hydrogen-bond acceptors (Lipinski definition) is 4. The van der Waals surface area contributed by atoms with Crippen LogP contribution in [0.5, 0.6) is 0 Å². The molecule has 6 heteroatoms. The van der Waals surface area contributed by atoms with Gasteiger partial charge >= 0.3 is 5.97 Å². The SMILES string of the molecule is CN(CC1(O)CCCC1)C(=O)c1cc(C(=O)O)co1. The number of amides is 1. The summed E-state index contributed by atoms with van der Waals surface area (Å²) in [4.78, 5) is 24.1. The van der Waals surface area contributed by atoms with E-state index in [-0.39, 0.29) is 17.9 Å². The molecular weight excluding hydrogens is 250 g/mol. The summed E-state index contributed by atoms with van der Waals surface area (Å²) >= 11 is 0. The largest absolute Gasteiger partial charge is 0.478 e. The van der Waals surface area contributed by atoms with Gasteiger partial charge in [-0.2, -0.15) is 0 Å². The number of nitrogens with zero attached hydrogens (tertiary/aromatic N) is 1. The molecule has 0 aliphatic heterocycles. The molecule has 2 N–H and O–H groups in total. The van der Waals surface area contributed by atoms with Crippen molar-refractivity contribution in [3.05, 3.63) is 23.7 Å². The Hall–Kier alpha value is -1.82. The zero-order chi connectivity index (χ0) is 14.0. The van der Waals surface area contributed by atoms with Crippen LogP contribution in [0.2, 0.25) is 0 Å². The summed E-state index contributed by atoms with van der Waals surface area (Å²) in [6.07, 6.45) is 4.32.